The molecular weight excluding hydrogens is 297 g/mol. The average molecular weight is 309 g/mol. The van der Waals surface area contributed by atoms with E-state index in [-0.39, 0.29) is 18.8 Å². The number of hydrogen-bond donors (Lipinski definition) is 2. The molecule has 5 nitrogen and oxygen atoms in total. The minimum Gasteiger partial charge on any atom is -0.480 e. The Morgan fingerprint density at radius 2 is 2.10 bits per heavy atom. The van der Waals surface area contributed by atoms with Gasteiger partial charge in [0.2, 0.25) is 0 Å². The van der Waals surface area contributed by atoms with Crippen LogP contribution in [-0.2, 0) is 4.79 Å². The van der Waals surface area contributed by atoms with Gasteiger partial charge in [-0.15, -0.1) is 11.3 Å². The van der Waals surface area contributed by atoms with E-state index < -0.39 is 24.0 Å². The molecule has 1 aliphatic rings. The summed E-state index contributed by atoms with van der Waals surface area (Å²) in [6.45, 7) is -0.00158. The summed E-state index contributed by atoms with van der Waals surface area (Å²) in [5, 5.41) is 19.3. The lowest BCUT2D eigenvalue weighted by Crippen LogP contribution is -2.40. The summed E-state index contributed by atoms with van der Waals surface area (Å²) in [6, 6.07) is 4.76. The van der Waals surface area contributed by atoms with E-state index in [0.717, 1.165) is 9.60 Å². The third kappa shape index (κ3) is 2.50. The van der Waals surface area contributed by atoms with E-state index >= 15 is 0 Å². The zero-order valence-electron chi connectivity index (χ0n) is 10.8. The molecule has 2 aromatic rings. The van der Waals surface area contributed by atoms with Crippen LogP contribution < -0.4 is 0 Å². The van der Waals surface area contributed by atoms with Crippen LogP contribution in [0.2, 0.25) is 0 Å². The van der Waals surface area contributed by atoms with Crippen molar-refractivity contribution >= 4 is 33.3 Å². The number of carboxylic acids is 1. The van der Waals surface area contributed by atoms with Gasteiger partial charge in [-0.1, -0.05) is 0 Å². The Morgan fingerprint density at radius 3 is 2.81 bits per heavy atom. The van der Waals surface area contributed by atoms with Crippen LogP contribution in [0.5, 0.6) is 0 Å². The Balaban J connectivity index is 1.94. The number of thiophene rings is 1. The lowest BCUT2D eigenvalue weighted by atomic mass is 10.2. The van der Waals surface area contributed by atoms with Crippen LogP contribution in [0.4, 0.5) is 4.39 Å². The molecule has 1 aromatic carbocycles. The molecule has 2 atom stereocenters. The molecule has 1 saturated heterocycles. The first-order chi connectivity index (χ1) is 9.95. The summed E-state index contributed by atoms with van der Waals surface area (Å²) in [4.78, 5) is 25.1. The maximum atomic E-state index is 13.2. The number of fused-ring (bicyclic) bond motifs is 1. The van der Waals surface area contributed by atoms with E-state index in [1.807, 2.05) is 0 Å². The first-order valence-electron chi connectivity index (χ1n) is 6.36. The van der Waals surface area contributed by atoms with E-state index in [1.165, 1.54) is 23.5 Å². The van der Waals surface area contributed by atoms with Gasteiger partial charge in [0, 0.05) is 17.7 Å². The number of carbonyl (C=O) groups is 2. The normalized spacial score (nSPS) is 21.9. The zero-order valence-corrected chi connectivity index (χ0v) is 11.6. The fraction of sp³-hybridized carbons (Fsp3) is 0.286. The Labute approximate surface area is 123 Å². The number of β-amino-alcohol motifs (C(OH)–C–C–N with tert-alkyl or cyclic N) is 1. The number of carbonyl (C=O) groups excluding carboxylic acids is 1. The quantitative estimate of drug-likeness (QED) is 0.885. The van der Waals surface area contributed by atoms with Crippen molar-refractivity contribution in [3.8, 4) is 0 Å². The van der Waals surface area contributed by atoms with Crippen molar-refractivity contribution < 1.29 is 24.2 Å². The molecule has 0 radical (unpaired) electrons. The van der Waals surface area contributed by atoms with E-state index in [1.54, 1.807) is 12.1 Å². The number of benzene rings is 1. The standard InChI is InChI=1S/C14H12FNO4S/c15-8-1-2-11-7(3-8)4-12(21-11)13(18)16-6-9(17)5-10(16)14(19)20/h1-4,9-10,17H,5-6H2,(H,19,20)/t9-,10-/m1/s1. The summed E-state index contributed by atoms with van der Waals surface area (Å²) in [5.41, 5.74) is 0. The number of nitrogens with zero attached hydrogens (tertiary/aromatic N) is 1. The van der Waals surface area contributed by atoms with Crippen molar-refractivity contribution in [1.82, 2.24) is 4.90 Å². The van der Waals surface area contributed by atoms with Gasteiger partial charge in [0.05, 0.1) is 11.0 Å². The molecule has 0 spiro atoms. The van der Waals surface area contributed by atoms with Gasteiger partial charge in [-0.3, -0.25) is 4.79 Å². The topological polar surface area (TPSA) is 77.8 Å². The number of aliphatic hydroxyl groups excluding tert-OH is 1. The van der Waals surface area contributed by atoms with E-state index in [4.69, 9.17) is 5.11 Å². The van der Waals surface area contributed by atoms with Gasteiger partial charge in [0.1, 0.15) is 11.9 Å². The second-order valence-corrected chi connectivity index (χ2v) is 6.08. The molecule has 0 saturated carbocycles. The first-order valence-corrected chi connectivity index (χ1v) is 7.18. The largest absolute Gasteiger partial charge is 0.480 e. The number of rotatable bonds is 2. The minimum absolute atomic E-state index is 0.00158. The van der Waals surface area contributed by atoms with Gasteiger partial charge in [-0.25, -0.2) is 9.18 Å². The number of halogens is 1. The number of aliphatic carboxylic acids is 1. The van der Waals surface area contributed by atoms with Crippen molar-refractivity contribution in [3.63, 3.8) is 0 Å². The molecule has 0 bridgehead atoms. The monoisotopic (exact) mass is 309 g/mol. The minimum atomic E-state index is -1.13. The molecule has 1 aromatic heterocycles. The molecule has 110 valence electrons. The smallest absolute Gasteiger partial charge is 0.326 e. The lowest BCUT2D eigenvalue weighted by Gasteiger charge is -2.20. The lowest BCUT2D eigenvalue weighted by molar-refractivity contribution is -0.141. The molecule has 0 aliphatic carbocycles. The highest BCUT2D eigenvalue weighted by atomic mass is 32.1. The van der Waals surface area contributed by atoms with E-state index in [0.29, 0.717) is 10.3 Å². The number of amides is 1. The summed E-state index contributed by atoms with van der Waals surface area (Å²) in [7, 11) is 0. The van der Waals surface area contributed by atoms with Crippen molar-refractivity contribution in [2.45, 2.75) is 18.6 Å². The van der Waals surface area contributed by atoms with Crippen LogP contribution in [0.3, 0.4) is 0 Å². The van der Waals surface area contributed by atoms with Gasteiger partial charge < -0.3 is 15.1 Å². The van der Waals surface area contributed by atoms with Crippen LogP contribution >= 0.6 is 11.3 Å². The molecule has 2 heterocycles. The number of hydrogen-bond acceptors (Lipinski definition) is 4. The molecule has 3 rings (SSSR count). The number of aliphatic hydroxyl groups is 1. The first kappa shape index (κ1) is 14.0. The third-order valence-electron chi connectivity index (χ3n) is 3.51. The summed E-state index contributed by atoms with van der Waals surface area (Å²) in [6.07, 6.45) is -0.803. The van der Waals surface area contributed by atoms with Gasteiger partial charge in [-0.2, -0.15) is 0 Å². The highest BCUT2D eigenvalue weighted by Gasteiger charge is 2.39. The Hall–Kier alpha value is -1.99. The molecule has 7 heteroatoms. The number of carboxylic acid groups (broad SMARTS) is 1. The fourth-order valence-corrected chi connectivity index (χ4v) is 3.53. The predicted molar refractivity (Wildman–Crippen MR) is 74.9 cm³/mol. The summed E-state index contributed by atoms with van der Waals surface area (Å²) < 4.78 is 13.9. The van der Waals surface area contributed by atoms with Crippen molar-refractivity contribution in [2.24, 2.45) is 0 Å². The van der Waals surface area contributed by atoms with Crippen molar-refractivity contribution in [1.29, 1.82) is 0 Å². The van der Waals surface area contributed by atoms with Crippen LogP contribution in [-0.4, -0.2) is 45.7 Å². The highest BCUT2D eigenvalue weighted by molar-refractivity contribution is 7.20. The van der Waals surface area contributed by atoms with E-state index in [2.05, 4.69) is 0 Å². The fourth-order valence-electron chi connectivity index (χ4n) is 2.53. The molecule has 1 fully saturated rings. The Bertz CT molecular complexity index is 729. The maximum absolute atomic E-state index is 13.2. The van der Waals surface area contributed by atoms with Gasteiger partial charge in [-0.05, 0) is 29.7 Å². The van der Waals surface area contributed by atoms with Crippen LogP contribution in [0.1, 0.15) is 16.1 Å². The van der Waals surface area contributed by atoms with Crippen LogP contribution in [0.25, 0.3) is 10.1 Å². The Kier molecular flexibility index (Phi) is 3.38. The maximum Gasteiger partial charge on any atom is 0.326 e. The molecule has 1 amide bonds. The number of likely N-dealkylation sites (tertiary alicyclic amines) is 1. The second-order valence-electron chi connectivity index (χ2n) is 4.99. The van der Waals surface area contributed by atoms with E-state index in [9.17, 15) is 19.1 Å². The SMILES string of the molecule is O=C(O)[C@H]1C[C@@H](O)CN1C(=O)c1cc2cc(F)ccc2s1. The van der Waals surface area contributed by atoms with Crippen LogP contribution in [0.15, 0.2) is 24.3 Å². The Morgan fingerprint density at radius 1 is 1.33 bits per heavy atom. The third-order valence-corrected chi connectivity index (χ3v) is 4.62. The molecule has 21 heavy (non-hydrogen) atoms. The molecule has 2 N–H and O–H groups in total. The molecule has 1 aliphatic heterocycles. The summed E-state index contributed by atoms with van der Waals surface area (Å²) in [5.74, 6) is -1.97. The molecular formula is C14H12FNO4S. The second kappa shape index (κ2) is 5.09. The summed E-state index contributed by atoms with van der Waals surface area (Å²) >= 11 is 1.18. The van der Waals surface area contributed by atoms with Gasteiger partial charge in [0.25, 0.3) is 5.91 Å². The van der Waals surface area contributed by atoms with Crippen LogP contribution in [0, 0.1) is 5.82 Å². The van der Waals surface area contributed by atoms with Crippen molar-refractivity contribution in [2.75, 3.05) is 6.54 Å². The average Bonchev–Trinajstić information content (AvgIpc) is 3.00. The predicted octanol–water partition coefficient (Wildman–Crippen LogP) is 1.70. The molecule has 0 unspecified atom stereocenters. The van der Waals surface area contributed by atoms with Gasteiger partial charge in [0.15, 0.2) is 0 Å². The van der Waals surface area contributed by atoms with Gasteiger partial charge >= 0.3 is 5.97 Å². The van der Waals surface area contributed by atoms with Crippen molar-refractivity contribution in [3.05, 3.63) is 35.0 Å². The zero-order chi connectivity index (χ0) is 15.1. The highest BCUT2D eigenvalue weighted by Crippen LogP contribution is 2.29.